The van der Waals surface area contributed by atoms with Crippen molar-refractivity contribution in [1.82, 2.24) is 9.78 Å². The van der Waals surface area contributed by atoms with Crippen LogP contribution in [0.5, 0.6) is 0 Å². The second-order valence-electron chi connectivity index (χ2n) is 9.97. The summed E-state index contributed by atoms with van der Waals surface area (Å²) in [4.78, 5) is 39.1. The predicted molar refractivity (Wildman–Crippen MR) is 146 cm³/mol. The third-order valence-electron chi connectivity index (χ3n) is 8.00. The zero-order valence-electron chi connectivity index (χ0n) is 20.8. The SMILES string of the molecule is O=C1OCC2=C1C1(C(=O)c3cccc4cccc1c34)c1c(-c3ccccc3)nn(-c3ccc([N+](=O)[O-])cc3)c1N2. The number of hydrogen-bond acceptors (Lipinski definition) is 7. The van der Waals surface area contributed by atoms with E-state index in [1.807, 2.05) is 60.7 Å². The summed E-state index contributed by atoms with van der Waals surface area (Å²) in [5, 5.41) is 21.4. The molecule has 4 aromatic carbocycles. The number of non-ortho nitro benzene ring substituents is 1. The minimum Gasteiger partial charge on any atom is -0.456 e. The number of ketones is 1. The number of nitro benzene ring substituents is 1. The van der Waals surface area contributed by atoms with Gasteiger partial charge in [0.2, 0.25) is 0 Å². The van der Waals surface area contributed by atoms with Crippen molar-refractivity contribution in [2.45, 2.75) is 5.41 Å². The number of anilines is 1. The van der Waals surface area contributed by atoms with Gasteiger partial charge in [-0.3, -0.25) is 14.9 Å². The lowest BCUT2D eigenvalue weighted by Crippen LogP contribution is -2.42. The lowest BCUT2D eigenvalue weighted by atomic mass is 9.66. The lowest BCUT2D eigenvalue weighted by Gasteiger charge is -2.34. The Morgan fingerprint density at radius 1 is 0.925 bits per heavy atom. The summed E-state index contributed by atoms with van der Waals surface area (Å²) < 4.78 is 7.18. The van der Waals surface area contributed by atoms with Crippen LogP contribution in [0.2, 0.25) is 0 Å². The molecule has 0 radical (unpaired) electrons. The topological polar surface area (TPSA) is 116 Å². The van der Waals surface area contributed by atoms with Crippen LogP contribution in [0.1, 0.15) is 21.5 Å². The molecule has 8 rings (SSSR count). The van der Waals surface area contributed by atoms with Gasteiger partial charge in [-0.2, -0.15) is 5.10 Å². The van der Waals surface area contributed by atoms with Crippen LogP contribution in [-0.2, 0) is 14.9 Å². The number of rotatable bonds is 3. The molecule has 1 aromatic heterocycles. The van der Waals surface area contributed by atoms with Gasteiger partial charge in [0.05, 0.1) is 27.6 Å². The Labute approximate surface area is 226 Å². The van der Waals surface area contributed by atoms with E-state index in [4.69, 9.17) is 9.84 Å². The molecule has 0 bridgehead atoms. The number of Topliss-reactive ketones (excluding diaryl/α,β-unsaturated/α-hetero) is 1. The maximum Gasteiger partial charge on any atom is 0.338 e. The highest BCUT2D eigenvalue weighted by Crippen LogP contribution is 2.58. The number of carbonyl (C=O) groups is 2. The Morgan fingerprint density at radius 3 is 2.42 bits per heavy atom. The fourth-order valence-corrected chi connectivity index (χ4v) is 6.40. The number of aromatic nitrogens is 2. The first kappa shape index (κ1) is 22.4. The number of nitrogens with zero attached hydrogens (tertiary/aromatic N) is 3. The Bertz CT molecular complexity index is 1990. The fraction of sp³-hybridized carbons (Fsp3) is 0.0645. The molecule has 0 saturated heterocycles. The Hall–Kier alpha value is -5.57. The minimum absolute atomic E-state index is 0.0128. The molecule has 9 nitrogen and oxygen atoms in total. The van der Waals surface area contributed by atoms with Crippen LogP contribution in [-0.4, -0.2) is 33.1 Å². The highest BCUT2D eigenvalue weighted by molar-refractivity contribution is 6.28. The van der Waals surface area contributed by atoms with Gasteiger partial charge in [0, 0.05) is 28.8 Å². The molecule has 0 fully saturated rings. The van der Waals surface area contributed by atoms with Gasteiger partial charge in [0.1, 0.15) is 17.8 Å². The average Bonchev–Trinajstić information content (AvgIpc) is 3.63. The Kier molecular flexibility index (Phi) is 4.33. The van der Waals surface area contributed by atoms with Crippen LogP contribution in [0.25, 0.3) is 27.7 Å². The van der Waals surface area contributed by atoms with Gasteiger partial charge in [0.25, 0.3) is 5.69 Å². The first-order valence-corrected chi connectivity index (χ1v) is 12.7. The monoisotopic (exact) mass is 526 g/mol. The second kappa shape index (κ2) is 7.73. The summed E-state index contributed by atoms with van der Waals surface area (Å²) in [5.41, 5.74) is 2.85. The fourth-order valence-electron chi connectivity index (χ4n) is 6.40. The molecule has 192 valence electrons. The number of nitro groups is 1. The lowest BCUT2D eigenvalue weighted by molar-refractivity contribution is -0.384. The predicted octanol–water partition coefficient (Wildman–Crippen LogP) is 5.32. The number of fused-ring (bicyclic) bond motifs is 4. The number of benzene rings is 4. The van der Waals surface area contributed by atoms with E-state index < -0.39 is 16.3 Å². The zero-order chi connectivity index (χ0) is 27.2. The number of esters is 1. The standard InChI is InChI=1S/C31H18N4O5/c36-28-21-10-4-8-17-9-5-11-22(24(17)21)31(28)25-23(16-40-30(25)37)32-29-26(31)27(18-6-2-1-3-7-18)33-34(29)19-12-14-20(15-13-19)35(38)39/h1-15,32H,16H2. The largest absolute Gasteiger partial charge is 0.456 e. The highest BCUT2D eigenvalue weighted by Gasteiger charge is 2.61. The van der Waals surface area contributed by atoms with E-state index in [1.165, 1.54) is 12.1 Å². The molecule has 9 heteroatoms. The Balaban J connectivity index is 1.51. The maximum absolute atomic E-state index is 14.8. The molecule has 1 N–H and O–H groups in total. The van der Waals surface area contributed by atoms with E-state index in [1.54, 1.807) is 22.9 Å². The first-order chi connectivity index (χ1) is 19.5. The van der Waals surface area contributed by atoms with E-state index in [2.05, 4.69) is 5.32 Å². The number of hydrogen-bond donors (Lipinski definition) is 1. The molecule has 40 heavy (non-hydrogen) atoms. The minimum atomic E-state index is -1.49. The molecular formula is C31H18N4O5. The van der Waals surface area contributed by atoms with E-state index in [-0.39, 0.29) is 23.7 Å². The summed E-state index contributed by atoms with van der Waals surface area (Å²) in [6.45, 7) is -0.0128. The van der Waals surface area contributed by atoms with E-state index >= 15 is 0 Å². The molecule has 1 unspecified atom stereocenters. The van der Waals surface area contributed by atoms with Gasteiger partial charge >= 0.3 is 5.97 Å². The van der Waals surface area contributed by atoms with Crippen LogP contribution in [0.15, 0.2) is 102 Å². The van der Waals surface area contributed by atoms with Gasteiger partial charge in [-0.25, -0.2) is 9.48 Å². The zero-order valence-corrected chi connectivity index (χ0v) is 20.8. The maximum atomic E-state index is 14.8. The van der Waals surface area contributed by atoms with Gasteiger partial charge in [-0.05, 0) is 28.5 Å². The number of ether oxygens (including phenoxy) is 1. The van der Waals surface area contributed by atoms with Crippen LogP contribution < -0.4 is 5.32 Å². The molecular weight excluding hydrogens is 508 g/mol. The van der Waals surface area contributed by atoms with Gasteiger partial charge in [-0.1, -0.05) is 66.7 Å². The summed E-state index contributed by atoms with van der Waals surface area (Å²) >= 11 is 0. The molecule has 1 spiro atoms. The van der Waals surface area contributed by atoms with E-state index in [0.29, 0.717) is 39.6 Å². The van der Waals surface area contributed by atoms with Crippen molar-refractivity contribution in [2.75, 3.05) is 11.9 Å². The van der Waals surface area contributed by atoms with Crippen LogP contribution in [0.4, 0.5) is 11.5 Å². The molecule has 1 atom stereocenters. The molecule has 1 aliphatic carbocycles. The van der Waals surface area contributed by atoms with E-state index in [0.717, 1.165) is 16.3 Å². The molecule has 0 amide bonds. The normalized spacial score (nSPS) is 18.6. The third kappa shape index (κ3) is 2.68. The van der Waals surface area contributed by atoms with Gasteiger partial charge in [-0.15, -0.1) is 0 Å². The number of carbonyl (C=O) groups excluding carboxylic acids is 2. The molecule has 3 aliphatic rings. The van der Waals surface area contributed by atoms with Crippen molar-refractivity contribution in [3.8, 4) is 16.9 Å². The van der Waals surface area contributed by atoms with Crippen molar-refractivity contribution in [1.29, 1.82) is 0 Å². The van der Waals surface area contributed by atoms with E-state index in [9.17, 15) is 19.7 Å². The van der Waals surface area contributed by atoms with Gasteiger partial charge in [0.15, 0.2) is 5.78 Å². The quantitative estimate of drug-likeness (QED) is 0.192. The van der Waals surface area contributed by atoms with Crippen molar-refractivity contribution in [3.63, 3.8) is 0 Å². The molecule has 2 aliphatic heterocycles. The highest BCUT2D eigenvalue weighted by atomic mass is 16.6. The summed E-state index contributed by atoms with van der Waals surface area (Å²) in [7, 11) is 0. The molecule has 5 aromatic rings. The molecule has 3 heterocycles. The summed E-state index contributed by atoms with van der Waals surface area (Å²) in [5.74, 6) is -0.259. The van der Waals surface area contributed by atoms with Crippen molar-refractivity contribution in [2.24, 2.45) is 0 Å². The van der Waals surface area contributed by atoms with Gasteiger partial charge < -0.3 is 10.1 Å². The van der Waals surface area contributed by atoms with Crippen LogP contribution in [0.3, 0.4) is 0 Å². The van der Waals surface area contributed by atoms with Crippen molar-refractivity contribution >= 4 is 34.0 Å². The first-order valence-electron chi connectivity index (χ1n) is 12.7. The Morgan fingerprint density at radius 2 is 1.68 bits per heavy atom. The average molecular weight is 527 g/mol. The van der Waals surface area contributed by atoms with Crippen LogP contribution >= 0.6 is 0 Å². The number of cyclic esters (lactones) is 1. The summed E-state index contributed by atoms with van der Waals surface area (Å²) in [6, 6.07) is 26.9. The van der Waals surface area contributed by atoms with Crippen LogP contribution in [0, 0.1) is 10.1 Å². The number of nitrogens with one attached hydrogen (secondary N) is 1. The smallest absolute Gasteiger partial charge is 0.338 e. The van der Waals surface area contributed by atoms with Crippen molar-refractivity contribution in [3.05, 3.63) is 129 Å². The van der Waals surface area contributed by atoms with Crippen molar-refractivity contribution < 1.29 is 19.2 Å². The third-order valence-corrected chi connectivity index (χ3v) is 8.00. The summed E-state index contributed by atoms with van der Waals surface area (Å²) in [6.07, 6.45) is 0. The molecule has 0 saturated carbocycles. The second-order valence-corrected chi connectivity index (χ2v) is 9.97.